The van der Waals surface area contributed by atoms with E-state index >= 15 is 0 Å². The second kappa shape index (κ2) is 5.37. The smallest absolute Gasteiger partial charge is 0.153 e. The first-order valence-corrected chi connectivity index (χ1v) is 7.73. The van der Waals surface area contributed by atoms with E-state index in [4.69, 9.17) is 21.0 Å². The van der Waals surface area contributed by atoms with Crippen LogP contribution in [0.2, 0.25) is 5.02 Å². The maximum absolute atomic E-state index is 9.73. The van der Waals surface area contributed by atoms with Crippen molar-refractivity contribution in [1.82, 2.24) is 4.98 Å². The Kier molecular flexibility index (Phi) is 3.33. The molecule has 4 heteroatoms. The summed E-state index contributed by atoms with van der Waals surface area (Å²) in [5.74, 6) is 0.692. The monoisotopic (exact) mass is 323 g/mol. The van der Waals surface area contributed by atoms with E-state index < -0.39 is 0 Å². The van der Waals surface area contributed by atoms with Gasteiger partial charge in [-0.25, -0.2) is 4.98 Å². The van der Waals surface area contributed by atoms with E-state index in [9.17, 15) is 5.11 Å². The van der Waals surface area contributed by atoms with E-state index in [0.717, 1.165) is 33.0 Å². The Morgan fingerprint density at radius 3 is 2.74 bits per heavy atom. The second-order valence-electron chi connectivity index (χ2n) is 5.59. The van der Waals surface area contributed by atoms with E-state index in [1.807, 2.05) is 55.5 Å². The standard InChI is InChI=1S/C19H14ClNO2/c1-11-6-14(20)9-15-13(10-22)7-16(21-19(11)15)18-8-12-4-2-3-5-17(12)23-18/h2-9,22H,10H2,1H3. The number of aryl methyl sites for hydroxylation is 1. The molecule has 23 heavy (non-hydrogen) atoms. The minimum atomic E-state index is -0.0774. The molecule has 0 spiro atoms. The lowest BCUT2D eigenvalue weighted by molar-refractivity contribution is 0.283. The van der Waals surface area contributed by atoms with Crippen molar-refractivity contribution >= 4 is 33.5 Å². The summed E-state index contributed by atoms with van der Waals surface area (Å²) < 4.78 is 5.90. The van der Waals surface area contributed by atoms with Gasteiger partial charge in [0.2, 0.25) is 0 Å². The van der Waals surface area contributed by atoms with Gasteiger partial charge in [-0.15, -0.1) is 0 Å². The molecule has 2 aromatic carbocycles. The highest BCUT2D eigenvalue weighted by molar-refractivity contribution is 6.31. The lowest BCUT2D eigenvalue weighted by Gasteiger charge is -2.09. The molecule has 0 aliphatic rings. The Hall–Kier alpha value is -2.36. The Balaban J connectivity index is 2.00. The average Bonchev–Trinajstić information content (AvgIpc) is 2.98. The fourth-order valence-electron chi connectivity index (χ4n) is 2.89. The zero-order valence-corrected chi connectivity index (χ0v) is 13.3. The number of fused-ring (bicyclic) bond motifs is 2. The number of rotatable bonds is 2. The molecular formula is C19H14ClNO2. The van der Waals surface area contributed by atoms with Gasteiger partial charge in [-0.3, -0.25) is 0 Å². The topological polar surface area (TPSA) is 46.3 Å². The summed E-state index contributed by atoms with van der Waals surface area (Å²) in [6.07, 6.45) is 0. The number of pyridine rings is 1. The van der Waals surface area contributed by atoms with Crippen molar-refractivity contribution < 1.29 is 9.52 Å². The molecule has 4 rings (SSSR count). The molecule has 0 amide bonds. The highest BCUT2D eigenvalue weighted by atomic mass is 35.5. The van der Waals surface area contributed by atoms with Crippen LogP contribution in [-0.4, -0.2) is 10.1 Å². The fourth-order valence-corrected chi connectivity index (χ4v) is 3.16. The van der Waals surface area contributed by atoms with Gasteiger partial charge < -0.3 is 9.52 Å². The van der Waals surface area contributed by atoms with Crippen molar-refractivity contribution in [3.63, 3.8) is 0 Å². The molecule has 114 valence electrons. The Bertz CT molecular complexity index is 1000. The van der Waals surface area contributed by atoms with Crippen molar-refractivity contribution in [3.8, 4) is 11.5 Å². The van der Waals surface area contributed by atoms with Crippen molar-refractivity contribution in [2.75, 3.05) is 0 Å². The predicted molar refractivity (Wildman–Crippen MR) is 92.6 cm³/mol. The molecular weight excluding hydrogens is 310 g/mol. The molecule has 0 saturated heterocycles. The van der Waals surface area contributed by atoms with Gasteiger partial charge in [0.25, 0.3) is 0 Å². The second-order valence-corrected chi connectivity index (χ2v) is 6.03. The van der Waals surface area contributed by atoms with Crippen LogP contribution < -0.4 is 0 Å². The predicted octanol–water partition coefficient (Wildman–Crippen LogP) is 5.10. The minimum absolute atomic E-state index is 0.0774. The highest BCUT2D eigenvalue weighted by Gasteiger charge is 2.13. The molecule has 4 aromatic rings. The number of para-hydroxylation sites is 1. The van der Waals surface area contributed by atoms with E-state index in [1.54, 1.807) is 0 Å². The maximum atomic E-state index is 9.73. The number of aromatic nitrogens is 1. The number of hydrogen-bond donors (Lipinski definition) is 1. The molecule has 2 aromatic heterocycles. The number of aliphatic hydroxyl groups excluding tert-OH is 1. The largest absolute Gasteiger partial charge is 0.454 e. The normalized spacial score (nSPS) is 11.4. The van der Waals surface area contributed by atoms with Crippen LogP contribution in [0, 0.1) is 6.92 Å². The fraction of sp³-hybridized carbons (Fsp3) is 0.105. The molecule has 1 N–H and O–H groups in total. The SMILES string of the molecule is Cc1cc(Cl)cc2c(CO)cc(-c3cc4ccccc4o3)nc12. The number of furan rings is 1. The quantitative estimate of drug-likeness (QED) is 0.558. The summed E-state index contributed by atoms with van der Waals surface area (Å²) in [4.78, 5) is 4.73. The summed E-state index contributed by atoms with van der Waals surface area (Å²) >= 11 is 6.14. The van der Waals surface area contributed by atoms with Gasteiger partial charge in [0.05, 0.1) is 12.1 Å². The van der Waals surface area contributed by atoms with Crippen molar-refractivity contribution in [2.24, 2.45) is 0 Å². The first-order chi connectivity index (χ1) is 11.2. The summed E-state index contributed by atoms with van der Waals surface area (Å²) in [6.45, 7) is 1.89. The highest BCUT2D eigenvalue weighted by Crippen LogP contribution is 2.32. The Morgan fingerprint density at radius 1 is 1.13 bits per heavy atom. The van der Waals surface area contributed by atoms with E-state index in [-0.39, 0.29) is 6.61 Å². The van der Waals surface area contributed by atoms with Crippen LogP contribution >= 0.6 is 11.6 Å². The van der Waals surface area contributed by atoms with Crippen LogP contribution in [0.15, 0.2) is 52.9 Å². The maximum Gasteiger partial charge on any atom is 0.153 e. The summed E-state index contributed by atoms with van der Waals surface area (Å²) in [5.41, 5.74) is 4.12. The Morgan fingerprint density at radius 2 is 1.96 bits per heavy atom. The van der Waals surface area contributed by atoms with Gasteiger partial charge in [0, 0.05) is 15.8 Å². The average molecular weight is 324 g/mol. The Labute approximate surface area is 138 Å². The summed E-state index contributed by atoms with van der Waals surface area (Å²) in [6, 6.07) is 15.4. The minimum Gasteiger partial charge on any atom is -0.454 e. The molecule has 0 bridgehead atoms. The third kappa shape index (κ3) is 2.38. The van der Waals surface area contributed by atoms with Crippen LogP contribution in [0.3, 0.4) is 0 Å². The summed E-state index contributed by atoms with van der Waals surface area (Å²) in [7, 11) is 0. The van der Waals surface area contributed by atoms with Gasteiger partial charge in [-0.2, -0.15) is 0 Å². The van der Waals surface area contributed by atoms with Crippen LogP contribution in [0.4, 0.5) is 0 Å². The first-order valence-electron chi connectivity index (χ1n) is 7.35. The van der Waals surface area contributed by atoms with E-state index in [1.165, 1.54) is 0 Å². The van der Waals surface area contributed by atoms with Crippen molar-refractivity contribution in [1.29, 1.82) is 0 Å². The third-order valence-electron chi connectivity index (χ3n) is 4.00. The number of aliphatic hydroxyl groups is 1. The third-order valence-corrected chi connectivity index (χ3v) is 4.22. The first kappa shape index (κ1) is 14.2. The van der Waals surface area contributed by atoms with Crippen LogP contribution in [-0.2, 0) is 6.61 Å². The van der Waals surface area contributed by atoms with Crippen molar-refractivity contribution in [2.45, 2.75) is 13.5 Å². The van der Waals surface area contributed by atoms with Crippen molar-refractivity contribution in [3.05, 3.63) is 64.7 Å². The van der Waals surface area contributed by atoms with Crippen LogP contribution in [0.5, 0.6) is 0 Å². The van der Waals surface area contributed by atoms with E-state index in [0.29, 0.717) is 16.5 Å². The van der Waals surface area contributed by atoms with Gasteiger partial charge in [0.15, 0.2) is 5.76 Å². The van der Waals surface area contributed by atoms with Gasteiger partial charge in [-0.05, 0) is 48.4 Å². The van der Waals surface area contributed by atoms with E-state index in [2.05, 4.69) is 0 Å². The number of halogens is 1. The van der Waals surface area contributed by atoms with Gasteiger partial charge >= 0.3 is 0 Å². The molecule has 0 aliphatic heterocycles. The molecule has 3 nitrogen and oxygen atoms in total. The summed E-state index contributed by atoms with van der Waals surface area (Å²) in [5, 5.41) is 12.3. The molecule has 0 atom stereocenters. The number of nitrogens with zero attached hydrogens (tertiary/aromatic N) is 1. The molecule has 0 aliphatic carbocycles. The molecule has 0 saturated carbocycles. The van der Waals surface area contributed by atoms with Crippen LogP contribution in [0.1, 0.15) is 11.1 Å². The molecule has 0 fully saturated rings. The number of benzene rings is 2. The molecule has 0 unspecified atom stereocenters. The lowest BCUT2D eigenvalue weighted by atomic mass is 10.0. The number of hydrogen-bond acceptors (Lipinski definition) is 3. The molecule has 0 radical (unpaired) electrons. The lowest BCUT2D eigenvalue weighted by Crippen LogP contribution is -1.94. The zero-order chi connectivity index (χ0) is 16.0. The zero-order valence-electron chi connectivity index (χ0n) is 12.5. The molecule has 2 heterocycles. The van der Waals surface area contributed by atoms with Gasteiger partial charge in [0.1, 0.15) is 11.3 Å². The van der Waals surface area contributed by atoms with Gasteiger partial charge in [-0.1, -0.05) is 29.8 Å². The van der Waals surface area contributed by atoms with Crippen LogP contribution in [0.25, 0.3) is 33.3 Å².